The number of thioether (sulfide) groups is 1. The summed E-state index contributed by atoms with van der Waals surface area (Å²) in [4.78, 5) is 40.0. The number of halogens is 1. The first-order valence-electron chi connectivity index (χ1n) is 7.94. The molecule has 26 heavy (non-hydrogen) atoms. The molecule has 138 valence electrons. The van der Waals surface area contributed by atoms with Crippen LogP contribution in [0.2, 0.25) is 0 Å². The average molecular weight is 441 g/mol. The molecule has 9 heteroatoms. The van der Waals surface area contributed by atoms with E-state index in [2.05, 4.69) is 15.9 Å². The summed E-state index contributed by atoms with van der Waals surface area (Å²) in [6, 6.07) is 5.39. The fourth-order valence-corrected chi connectivity index (χ4v) is 3.85. The van der Waals surface area contributed by atoms with Crippen LogP contribution in [0.3, 0.4) is 0 Å². The molecule has 0 N–H and O–H groups in total. The SMILES string of the molecule is COc1ccc(Br)cc1/C=C1/SC(=O)N(CC(=O)N2CCOCC2)C1=O. The Morgan fingerprint density at radius 3 is 2.77 bits per heavy atom. The molecule has 0 spiro atoms. The molecule has 3 amide bonds. The molecule has 3 rings (SSSR count). The molecule has 1 aromatic carbocycles. The lowest BCUT2D eigenvalue weighted by molar-refractivity contribution is -0.139. The second-order valence-corrected chi connectivity index (χ2v) is 7.56. The van der Waals surface area contributed by atoms with Crippen molar-refractivity contribution in [2.24, 2.45) is 0 Å². The summed E-state index contributed by atoms with van der Waals surface area (Å²) >= 11 is 4.20. The number of benzene rings is 1. The molecule has 0 unspecified atom stereocenters. The van der Waals surface area contributed by atoms with E-state index in [1.54, 1.807) is 23.1 Å². The van der Waals surface area contributed by atoms with E-state index < -0.39 is 11.1 Å². The third kappa shape index (κ3) is 4.11. The highest BCUT2D eigenvalue weighted by atomic mass is 79.9. The van der Waals surface area contributed by atoms with Gasteiger partial charge in [0.1, 0.15) is 12.3 Å². The maximum Gasteiger partial charge on any atom is 0.294 e. The standard InChI is InChI=1S/C17H17BrN2O5S/c1-24-13-3-2-12(18)8-11(13)9-14-16(22)20(17(23)26-14)10-15(21)19-4-6-25-7-5-19/h2-3,8-9H,4-7,10H2,1H3/b14-9+. The molecule has 0 bridgehead atoms. The summed E-state index contributed by atoms with van der Waals surface area (Å²) in [5.41, 5.74) is 0.673. The van der Waals surface area contributed by atoms with Gasteiger partial charge in [0.15, 0.2) is 0 Å². The molecule has 2 heterocycles. The van der Waals surface area contributed by atoms with Gasteiger partial charge in [-0.2, -0.15) is 0 Å². The minimum atomic E-state index is -0.469. The number of carbonyl (C=O) groups excluding carboxylic acids is 3. The van der Waals surface area contributed by atoms with Crippen LogP contribution < -0.4 is 4.74 Å². The number of methoxy groups -OCH3 is 1. The Morgan fingerprint density at radius 1 is 1.35 bits per heavy atom. The Hall–Kier alpha value is -1.84. The Balaban J connectivity index is 1.76. The molecular formula is C17H17BrN2O5S. The third-order valence-corrected chi connectivity index (χ3v) is 5.41. The van der Waals surface area contributed by atoms with Crippen molar-refractivity contribution in [3.8, 4) is 5.75 Å². The maximum atomic E-state index is 12.6. The van der Waals surface area contributed by atoms with Crippen molar-refractivity contribution in [3.63, 3.8) is 0 Å². The molecule has 0 atom stereocenters. The van der Waals surface area contributed by atoms with Crippen molar-refractivity contribution in [2.75, 3.05) is 40.0 Å². The second-order valence-electron chi connectivity index (χ2n) is 5.65. The van der Waals surface area contributed by atoms with Gasteiger partial charge in [0, 0.05) is 23.1 Å². The predicted molar refractivity (Wildman–Crippen MR) is 101 cm³/mol. The highest BCUT2D eigenvalue weighted by Crippen LogP contribution is 2.34. The molecule has 0 saturated carbocycles. The van der Waals surface area contributed by atoms with Crippen molar-refractivity contribution in [1.82, 2.24) is 9.80 Å². The van der Waals surface area contributed by atoms with Crippen LogP contribution in [0.5, 0.6) is 5.75 Å². The number of amides is 3. The molecule has 2 aliphatic rings. The number of carbonyl (C=O) groups is 3. The van der Waals surface area contributed by atoms with Gasteiger partial charge in [-0.3, -0.25) is 19.3 Å². The summed E-state index contributed by atoms with van der Waals surface area (Å²) in [5, 5.41) is -0.447. The van der Waals surface area contributed by atoms with Gasteiger partial charge in [0.2, 0.25) is 5.91 Å². The van der Waals surface area contributed by atoms with Crippen LogP contribution in [0.25, 0.3) is 6.08 Å². The van der Waals surface area contributed by atoms with Crippen LogP contribution >= 0.6 is 27.7 Å². The molecule has 7 nitrogen and oxygen atoms in total. The van der Waals surface area contributed by atoms with Crippen LogP contribution in [-0.2, 0) is 14.3 Å². The summed E-state index contributed by atoms with van der Waals surface area (Å²) in [6.45, 7) is 1.63. The second kappa shape index (κ2) is 8.24. The van der Waals surface area contributed by atoms with E-state index in [1.807, 2.05) is 6.07 Å². The maximum absolute atomic E-state index is 12.6. The first kappa shape index (κ1) is 18.9. The number of hydrogen-bond donors (Lipinski definition) is 0. The van der Waals surface area contributed by atoms with Crippen molar-refractivity contribution < 1.29 is 23.9 Å². The van der Waals surface area contributed by atoms with Crippen LogP contribution in [0.15, 0.2) is 27.6 Å². The Kier molecular flexibility index (Phi) is 6.00. The van der Waals surface area contributed by atoms with Gasteiger partial charge in [-0.1, -0.05) is 15.9 Å². The van der Waals surface area contributed by atoms with Gasteiger partial charge in [-0.05, 0) is 36.0 Å². The normalized spacial score (nSPS) is 19.4. The number of rotatable bonds is 4. The molecule has 0 aromatic heterocycles. The topological polar surface area (TPSA) is 76.2 Å². The minimum absolute atomic E-state index is 0.252. The average Bonchev–Trinajstić information content (AvgIpc) is 2.90. The van der Waals surface area contributed by atoms with E-state index in [0.29, 0.717) is 37.6 Å². The molecule has 2 aliphatic heterocycles. The number of imide groups is 1. The smallest absolute Gasteiger partial charge is 0.294 e. The minimum Gasteiger partial charge on any atom is -0.496 e. The quantitative estimate of drug-likeness (QED) is 0.668. The molecule has 0 aliphatic carbocycles. The zero-order valence-corrected chi connectivity index (χ0v) is 16.5. The van der Waals surface area contributed by atoms with Crippen LogP contribution in [0.4, 0.5) is 4.79 Å². The van der Waals surface area contributed by atoms with Gasteiger partial charge in [0.05, 0.1) is 25.2 Å². The number of ether oxygens (including phenoxy) is 2. The molecule has 2 saturated heterocycles. The number of nitrogens with zero attached hydrogens (tertiary/aromatic N) is 2. The fourth-order valence-electron chi connectivity index (χ4n) is 2.64. The van der Waals surface area contributed by atoms with E-state index in [0.717, 1.165) is 21.1 Å². The molecule has 2 fully saturated rings. The lowest BCUT2D eigenvalue weighted by Crippen LogP contribution is -2.46. The monoisotopic (exact) mass is 440 g/mol. The lowest BCUT2D eigenvalue weighted by Gasteiger charge is -2.28. The van der Waals surface area contributed by atoms with Gasteiger partial charge in [-0.15, -0.1) is 0 Å². The van der Waals surface area contributed by atoms with Crippen LogP contribution in [0, 0.1) is 0 Å². The Labute approximate surface area is 163 Å². The predicted octanol–water partition coefficient (Wildman–Crippen LogP) is 2.35. The van der Waals surface area contributed by atoms with Crippen molar-refractivity contribution in [3.05, 3.63) is 33.1 Å². The Morgan fingerprint density at radius 2 is 2.08 bits per heavy atom. The van der Waals surface area contributed by atoms with Crippen molar-refractivity contribution in [2.45, 2.75) is 0 Å². The summed E-state index contributed by atoms with van der Waals surface area (Å²) < 4.78 is 11.3. The first-order valence-corrected chi connectivity index (χ1v) is 9.55. The number of hydrogen-bond acceptors (Lipinski definition) is 6. The van der Waals surface area contributed by atoms with E-state index in [-0.39, 0.29) is 17.4 Å². The highest BCUT2D eigenvalue weighted by Gasteiger charge is 2.37. The van der Waals surface area contributed by atoms with Crippen LogP contribution in [-0.4, -0.2) is 66.8 Å². The zero-order chi connectivity index (χ0) is 18.7. The van der Waals surface area contributed by atoms with Gasteiger partial charge >= 0.3 is 0 Å². The van der Waals surface area contributed by atoms with E-state index in [9.17, 15) is 14.4 Å². The molecule has 0 radical (unpaired) electrons. The van der Waals surface area contributed by atoms with Crippen molar-refractivity contribution in [1.29, 1.82) is 0 Å². The van der Waals surface area contributed by atoms with Gasteiger partial charge in [0.25, 0.3) is 11.1 Å². The van der Waals surface area contributed by atoms with E-state index in [1.165, 1.54) is 7.11 Å². The fraction of sp³-hybridized carbons (Fsp3) is 0.353. The summed E-state index contributed by atoms with van der Waals surface area (Å²) in [5.74, 6) is -0.134. The zero-order valence-electron chi connectivity index (χ0n) is 14.1. The van der Waals surface area contributed by atoms with Crippen molar-refractivity contribution >= 4 is 50.8 Å². The molecular weight excluding hydrogens is 424 g/mol. The van der Waals surface area contributed by atoms with E-state index in [4.69, 9.17) is 9.47 Å². The first-order chi connectivity index (χ1) is 12.5. The summed E-state index contributed by atoms with van der Waals surface area (Å²) in [6.07, 6.45) is 1.60. The Bertz CT molecular complexity index is 776. The summed E-state index contributed by atoms with van der Waals surface area (Å²) in [7, 11) is 1.54. The van der Waals surface area contributed by atoms with Gasteiger partial charge < -0.3 is 14.4 Å². The largest absolute Gasteiger partial charge is 0.496 e. The highest BCUT2D eigenvalue weighted by molar-refractivity contribution is 9.10. The lowest BCUT2D eigenvalue weighted by atomic mass is 10.2. The van der Waals surface area contributed by atoms with Gasteiger partial charge in [-0.25, -0.2) is 0 Å². The van der Waals surface area contributed by atoms with Crippen LogP contribution in [0.1, 0.15) is 5.56 Å². The van der Waals surface area contributed by atoms with E-state index >= 15 is 0 Å². The molecule has 1 aromatic rings. The third-order valence-electron chi connectivity index (χ3n) is 4.01. The number of morpholine rings is 1.